The standard InChI is InChI=1S/C29H24Cl2N12O2/c1-16-3-2-4-24(21-9-17(7-8-32-21)27-22(36-28(16)45)12-43(39-27)29-33-14-35-38-29)41-15-34-20(11-26(41)44)19-10-18(30)5-6-23(19)42-13-25(31)37-40-42/h5-16,24H,2-4H2,1H3,(H,36,45)(H,33,35,38)/t16-,24+/m1/s1. The molecule has 0 spiro atoms. The number of carbonyl (C=O) groups is 1. The van der Waals surface area contributed by atoms with Gasteiger partial charge in [0.05, 0.1) is 47.5 Å². The Labute approximate surface area is 265 Å². The molecule has 0 aliphatic carbocycles. The normalized spacial score (nSPS) is 16.8. The molecule has 0 fully saturated rings. The number of aromatic amines is 1. The number of anilines is 1. The maximum atomic E-state index is 13.8. The molecule has 1 aliphatic rings. The van der Waals surface area contributed by atoms with Crippen molar-refractivity contribution in [3.8, 4) is 34.2 Å². The topological polar surface area (TPSA) is 167 Å². The highest BCUT2D eigenvalue weighted by Gasteiger charge is 2.25. The van der Waals surface area contributed by atoms with Crippen LogP contribution in [0.15, 0.2) is 72.4 Å². The number of H-pyrrole nitrogens is 1. The number of nitrogens with zero attached hydrogens (tertiary/aromatic N) is 10. The van der Waals surface area contributed by atoms with Gasteiger partial charge in [0, 0.05) is 34.3 Å². The summed E-state index contributed by atoms with van der Waals surface area (Å²) >= 11 is 12.3. The fraction of sp³-hybridized carbons (Fsp3) is 0.207. The number of aromatic nitrogens is 11. The Morgan fingerprint density at radius 3 is 2.64 bits per heavy atom. The van der Waals surface area contributed by atoms with E-state index in [2.05, 4.69) is 45.9 Å². The molecule has 2 atom stereocenters. The summed E-state index contributed by atoms with van der Waals surface area (Å²) in [6, 6.07) is 9.86. The van der Waals surface area contributed by atoms with Crippen LogP contribution in [0.5, 0.6) is 0 Å². The van der Waals surface area contributed by atoms with Gasteiger partial charge in [-0.3, -0.25) is 19.1 Å². The van der Waals surface area contributed by atoms with Crippen molar-refractivity contribution < 1.29 is 4.79 Å². The molecule has 1 aromatic carbocycles. The highest BCUT2D eigenvalue weighted by Crippen LogP contribution is 2.33. The van der Waals surface area contributed by atoms with E-state index in [0.29, 0.717) is 69.8 Å². The van der Waals surface area contributed by atoms with E-state index >= 15 is 0 Å². The second-order valence-corrected chi connectivity index (χ2v) is 11.4. The first-order chi connectivity index (χ1) is 21.8. The zero-order chi connectivity index (χ0) is 31.1. The van der Waals surface area contributed by atoms with Crippen molar-refractivity contribution in [3.05, 3.63) is 93.9 Å². The number of halogens is 2. The van der Waals surface area contributed by atoms with Crippen molar-refractivity contribution in [2.24, 2.45) is 5.92 Å². The number of hydrogen-bond donors (Lipinski definition) is 2. The van der Waals surface area contributed by atoms with Gasteiger partial charge in [0.15, 0.2) is 5.15 Å². The number of amides is 1. The average molecular weight is 643 g/mol. The highest BCUT2D eigenvalue weighted by molar-refractivity contribution is 6.31. The molecule has 0 saturated heterocycles. The molecule has 1 amide bonds. The lowest BCUT2D eigenvalue weighted by Crippen LogP contribution is -2.27. The lowest BCUT2D eigenvalue weighted by atomic mass is 9.97. The van der Waals surface area contributed by atoms with Gasteiger partial charge in [0.25, 0.3) is 5.56 Å². The molecule has 45 heavy (non-hydrogen) atoms. The van der Waals surface area contributed by atoms with Crippen molar-refractivity contribution in [2.45, 2.75) is 32.2 Å². The van der Waals surface area contributed by atoms with Crippen molar-refractivity contribution >= 4 is 34.8 Å². The van der Waals surface area contributed by atoms with Crippen LogP contribution >= 0.6 is 23.2 Å². The third-order valence-electron chi connectivity index (χ3n) is 7.67. The molecule has 0 radical (unpaired) electrons. The minimum Gasteiger partial charge on any atom is -0.323 e. The molecule has 7 rings (SSSR count). The van der Waals surface area contributed by atoms with Gasteiger partial charge in [0.2, 0.25) is 11.9 Å². The summed E-state index contributed by atoms with van der Waals surface area (Å²) in [7, 11) is 0. The molecule has 16 heteroatoms. The molecule has 2 bridgehead atoms. The molecule has 2 N–H and O–H groups in total. The van der Waals surface area contributed by atoms with Gasteiger partial charge in [-0.15, -0.1) is 5.10 Å². The van der Waals surface area contributed by atoms with Crippen molar-refractivity contribution in [3.63, 3.8) is 0 Å². The van der Waals surface area contributed by atoms with Gasteiger partial charge in [-0.1, -0.05) is 41.8 Å². The summed E-state index contributed by atoms with van der Waals surface area (Å²) in [5.74, 6) is -0.0238. The number of nitrogens with one attached hydrogen (secondary N) is 2. The highest BCUT2D eigenvalue weighted by atomic mass is 35.5. The fourth-order valence-electron chi connectivity index (χ4n) is 5.37. The van der Waals surface area contributed by atoms with E-state index in [-0.39, 0.29) is 22.5 Å². The number of fused-ring (bicyclic) bond motifs is 4. The Bertz CT molecular complexity index is 2080. The van der Waals surface area contributed by atoms with Gasteiger partial charge < -0.3 is 5.32 Å². The first-order valence-corrected chi connectivity index (χ1v) is 14.8. The van der Waals surface area contributed by atoms with Gasteiger partial charge in [0.1, 0.15) is 12.0 Å². The molecule has 0 unspecified atom stereocenters. The summed E-state index contributed by atoms with van der Waals surface area (Å²) in [5.41, 5.74) is 3.72. The Kier molecular flexibility index (Phi) is 7.43. The number of rotatable bonds is 4. The van der Waals surface area contributed by atoms with Gasteiger partial charge in [-0.2, -0.15) is 15.2 Å². The predicted molar refractivity (Wildman–Crippen MR) is 165 cm³/mol. The van der Waals surface area contributed by atoms with Crippen molar-refractivity contribution in [1.29, 1.82) is 0 Å². The number of carbonyl (C=O) groups excluding carboxylic acids is 1. The number of pyridine rings is 1. The van der Waals surface area contributed by atoms with Crippen LogP contribution in [0.25, 0.3) is 34.2 Å². The summed E-state index contributed by atoms with van der Waals surface area (Å²) in [5, 5.41) is 23.0. The predicted octanol–water partition coefficient (Wildman–Crippen LogP) is 4.51. The lowest BCUT2D eigenvalue weighted by molar-refractivity contribution is -0.119. The van der Waals surface area contributed by atoms with Gasteiger partial charge in [-0.05, 0) is 43.2 Å². The third-order valence-corrected chi connectivity index (χ3v) is 8.08. The molecule has 6 aromatic rings. The minimum atomic E-state index is -0.457. The fourth-order valence-corrected chi connectivity index (χ4v) is 5.67. The smallest absolute Gasteiger partial charge is 0.254 e. The summed E-state index contributed by atoms with van der Waals surface area (Å²) in [6.45, 7) is 1.88. The van der Waals surface area contributed by atoms with E-state index in [4.69, 9.17) is 23.2 Å². The summed E-state index contributed by atoms with van der Waals surface area (Å²) in [6.07, 6.45) is 9.61. The second kappa shape index (κ2) is 11.7. The van der Waals surface area contributed by atoms with Crippen LogP contribution in [0.2, 0.25) is 10.2 Å². The van der Waals surface area contributed by atoms with Crippen LogP contribution in [0.3, 0.4) is 0 Å². The van der Waals surface area contributed by atoms with Gasteiger partial charge in [-0.25, -0.2) is 19.4 Å². The molecule has 226 valence electrons. The molecule has 14 nitrogen and oxygen atoms in total. The average Bonchev–Trinajstić information content (AvgIpc) is 3.81. The Morgan fingerprint density at radius 1 is 0.978 bits per heavy atom. The summed E-state index contributed by atoms with van der Waals surface area (Å²) < 4.78 is 4.58. The van der Waals surface area contributed by atoms with Crippen LogP contribution in [0, 0.1) is 5.92 Å². The number of benzene rings is 1. The summed E-state index contributed by atoms with van der Waals surface area (Å²) in [4.78, 5) is 40.4. The Morgan fingerprint density at radius 2 is 1.87 bits per heavy atom. The maximum absolute atomic E-state index is 13.8. The largest absolute Gasteiger partial charge is 0.323 e. The van der Waals surface area contributed by atoms with Crippen molar-refractivity contribution in [1.82, 2.24) is 54.5 Å². The van der Waals surface area contributed by atoms with E-state index in [1.54, 1.807) is 47.4 Å². The number of hydrogen-bond acceptors (Lipinski definition) is 9. The van der Waals surface area contributed by atoms with E-state index in [1.807, 2.05) is 13.0 Å². The SMILES string of the molecule is C[C@@H]1CCC[C@H](n2cnc(-c3cc(Cl)ccc3-n3cc(Cl)nn3)cc2=O)c2cc(ccn2)-c2nn(-c3ncn[nH]3)cc2NC1=O. The van der Waals surface area contributed by atoms with Gasteiger partial charge >= 0.3 is 0 Å². The zero-order valence-electron chi connectivity index (χ0n) is 23.7. The third kappa shape index (κ3) is 5.60. The quantitative estimate of drug-likeness (QED) is 0.281. The van der Waals surface area contributed by atoms with E-state index in [9.17, 15) is 9.59 Å². The Hall–Kier alpha value is -5.21. The van der Waals surface area contributed by atoms with Crippen molar-refractivity contribution in [2.75, 3.05) is 5.32 Å². The second-order valence-electron chi connectivity index (χ2n) is 10.6. The first kappa shape index (κ1) is 28.6. The van der Waals surface area contributed by atoms with Crippen LogP contribution in [0.4, 0.5) is 5.69 Å². The molecule has 0 saturated carbocycles. The lowest BCUT2D eigenvalue weighted by Gasteiger charge is -2.22. The first-order valence-electron chi connectivity index (χ1n) is 14.0. The van der Waals surface area contributed by atoms with Crippen LogP contribution < -0.4 is 10.9 Å². The monoisotopic (exact) mass is 642 g/mol. The van der Waals surface area contributed by atoms with E-state index in [0.717, 1.165) is 0 Å². The minimum absolute atomic E-state index is 0.131. The zero-order valence-corrected chi connectivity index (χ0v) is 25.2. The molecule has 6 heterocycles. The van der Waals surface area contributed by atoms with Crippen LogP contribution in [-0.4, -0.2) is 60.4 Å². The van der Waals surface area contributed by atoms with E-state index in [1.165, 1.54) is 28.1 Å². The van der Waals surface area contributed by atoms with Crippen LogP contribution in [-0.2, 0) is 4.79 Å². The maximum Gasteiger partial charge on any atom is 0.254 e. The molecule has 1 aliphatic heterocycles. The van der Waals surface area contributed by atoms with E-state index < -0.39 is 6.04 Å². The molecular formula is C29H24Cl2N12O2. The molecular weight excluding hydrogens is 619 g/mol. The Balaban J connectivity index is 1.31. The molecule has 5 aromatic heterocycles. The van der Waals surface area contributed by atoms with Crippen LogP contribution in [0.1, 0.15) is 37.9 Å².